The first kappa shape index (κ1) is 13.8. The van der Waals surface area contributed by atoms with Gasteiger partial charge in [0.2, 0.25) is 5.89 Å². The molecule has 0 fully saturated rings. The van der Waals surface area contributed by atoms with Crippen molar-refractivity contribution in [1.82, 2.24) is 10.3 Å². The van der Waals surface area contributed by atoms with E-state index in [9.17, 15) is 4.39 Å². The Labute approximate surface area is 122 Å². The summed E-state index contributed by atoms with van der Waals surface area (Å²) in [6.07, 6.45) is 1.70. The molecular formula is C17H17FN2O. The number of hydrogen-bond donors (Lipinski definition) is 1. The van der Waals surface area contributed by atoms with Crippen molar-refractivity contribution in [2.24, 2.45) is 0 Å². The maximum absolute atomic E-state index is 13.9. The van der Waals surface area contributed by atoms with Crippen LogP contribution in [0.3, 0.4) is 0 Å². The van der Waals surface area contributed by atoms with E-state index in [0.29, 0.717) is 17.0 Å². The van der Waals surface area contributed by atoms with E-state index in [2.05, 4.69) is 10.3 Å². The van der Waals surface area contributed by atoms with Gasteiger partial charge in [0.1, 0.15) is 5.82 Å². The zero-order valence-electron chi connectivity index (χ0n) is 12.1. The predicted molar refractivity (Wildman–Crippen MR) is 81.5 cm³/mol. The minimum absolute atomic E-state index is 0.0514. The van der Waals surface area contributed by atoms with E-state index in [0.717, 1.165) is 17.5 Å². The minimum atomic E-state index is -0.227. The van der Waals surface area contributed by atoms with Crippen molar-refractivity contribution in [1.29, 1.82) is 0 Å². The van der Waals surface area contributed by atoms with Crippen molar-refractivity contribution in [2.75, 3.05) is 6.54 Å². The third-order valence-corrected chi connectivity index (χ3v) is 3.54. The molecule has 0 saturated carbocycles. The Bertz CT molecular complexity index is 766. The molecule has 0 spiro atoms. The van der Waals surface area contributed by atoms with Gasteiger partial charge >= 0.3 is 0 Å². The quantitative estimate of drug-likeness (QED) is 0.776. The Hall–Kier alpha value is -2.20. The van der Waals surface area contributed by atoms with Crippen LogP contribution < -0.4 is 5.32 Å². The average molecular weight is 284 g/mol. The second kappa shape index (κ2) is 5.66. The lowest BCUT2D eigenvalue weighted by Gasteiger charge is -2.07. The maximum Gasteiger partial charge on any atom is 0.211 e. The van der Waals surface area contributed by atoms with E-state index >= 15 is 0 Å². The highest BCUT2D eigenvalue weighted by Gasteiger charge is 2.14. The summed E-state index contributed by atoms with van der Waals surface area (Å²) in [6, 6.07) is 10.6. The van der Waals surface area contributed by atoms with Gasteiger partial charge < -0.3 is 9.73 Å². The van der Waals surface area contributed by atoms with E-state index in [1.54, 1.807) is 18.3 Å². The highest BCUT2D eigenvalue weighted by molar-refractivity contribution is 5.95. The molecule has 1 aromatic heterocycles. The first-order valence-corrected chi connectivity index (χ1v) is 7.07. The molecule has 3 aromatic rings. The van der Waals surface area contributed by atoms with Crippen LogP contribution in [0.5, 0.6) is 0 Å². The topological polar surface area (TPSA) is 38.1 Å². The van der Waals surface area contributed by atoms with Crippen LogP contribution in [-0.2, 0) is 0 Å². The van der Waals surface area contributed by atoms with Gasteiger partial charge in [-0.3, -0.25) is 0 Å². The molecule has 0 saturated heterocycles. The van der Waals surface area contributed by atoms with Gasteiger partial charge in [0.05, 0.1) is 12.2 Å². The summed E-state index contributed by atoms with van der Waals surface area (Å²) < 4.78 is 19.7. The van der Waals surface area contributed by atoms with Gasteiger partial charge in [-0.25, -0.2) is 9.37 Å². The molecule has 4 heteroatoms. The Balaban J connectivity index is 2.07. The fraction of sp³-hybridized carbons (Fsp3) is 0.235. The van der Waals surface area contributed by atoms with Gasteiger partial charge in [-0.2, -0.15) is 0 Å². The van der Waals surface area contributed by atoms with Crippen LogP contribution in [0.4, 0.5) is 4.39 Å². The number of rotatable bonds is 4. The molecule has 0 aliphatic carbocycles. The summed E-state index contributed by atoms with van der Waals surface area (Å²) in [7, 11) is 0. The monoisotopic (exact) mass is 284 g/mol. The molecule has 1 N–H and O–H groups in total. The van der Waals surface area contributed by atoms with Crippen molar-refractivity contribution in [2.45, 2.75) is 19.9 Å². The molecule has 1 atom stereocenters. The second-order valence-corrected chi connectivity index (χ2v) is 4.98. The number of nitrogens with one attached hydrogen (secondary N) is 1. The lowest BCUT2D eigenvalue weighted by molar-refractivity contribution is 0.429. The summed E-state index contributed by atoms with van der Waals surface area (Å²) >= 11 is 0. The number of fused-ring (bicyclic) bond motifs is 1. The molecule has 0 amide bonds. The van der Waals surface area contributed by atoms with E-state index in [1.807, 2.05) is 32.0 Å². The molecule has 1 unspecified atom stereocenters. The number of aromatic nitrogens is 1. The molecule has 21 heavy (non-hydrogen) atoms. The average Bonchev–Trinajstić information content (AvgIpc) is 2.98. The number of oxazole rings is 1. The maximum atomic E-state index is 13.9. The number of benzene rings is 2. The van der Waals surface area contributed by atoms with Crippen LogP contribution >= 0.6 is 0 Å². The molecule has 3 nitrogen and oxygen atoms in total. The lowest BCUT2D eigenvalue weighted by Crippen LogP contribution is -2.17. The highest BCUT2D eigenvalue weighted by atomic mass is 19.1. The zero-order valence-corrected chi connectivity index (χ0v) is 12.1. The molecule has 108 valence electrons. The van der Waals surface area contributed by atoms with Crippen molar-refractivity contribution in [3.63, 3.8) is 0 Å². The van der Waals surface area contributed by atoms with Gasteiger partial charge in [0.25, 0.3) is 0 Å². The van der Waals surface area contributed by atoms with E-state index in [1.165, 1.54) is 6.07 Å². The Morgan fingerprint density at radius 3 is 2.71 bits per heavy atom. The summed E-state index contributed by atoms with van der Waals surface area (Å²) in [5.41, 5.74) is 0.856. The molecule has 2 aromatic carbocycles. The summed E-state index contributed by atoms with van der Waals surface area (Å²) in [5.74, 6) is 1.07. The van der Waals surface area contributed by atoms with Crippen molar-refractivity contribution in [3.8, 4) is 11.3 Å². The second-order valence-electron chi connectivity index (χ2n) is 4.98. The lowest BCUT2D eigenvalue weighted by atomic mass is 10.0. The van der Waals surface area contributed by atoms with Gasteiger partial charge in [-0.1, -0.05) is 31.2 Å². The first-order valence-electron chi connectivity index (χ1n) is 7.07. The van der Waals surface area contributed by atoms with Gasteiger partial charge in [-0.05, 0) is 31.0 Å². The normalized spacial score (nSPS) is 12.7. The van der Waals surface area contributed by atoms with Crippen molar-refractivity contribution < 1.29 is 8.81 Å². The zero-order chi connectivity index (χ0) is 14.8. The van der Waals surface area contributed by atoms with Crippen LogP contribution in [-0.4, -0.2) is 11.5 Å². The molecule has 0 bridgehead atoms. The Kier molecular flexibility index (Phi) is 3.71. The van der Waals surface area contributed by atoms with Crippen LogP contribution in [0, 0.1) is 5.82 Å². The minimum Gasteiger partial charge on any atom is -0.439 e. The van der Waals surface area contributed by atoms with Crippen LogP contribution in [0.15, 0.2) is 47.0 Å². The van der Waals surface area contributed by atoms with E-state index < -0.39 is 0 Å². The summed E-state index contributed by atoms with van der Waals surface area (Å²) in [6.45, 7) is 4.88. The summed E-state index contributed by atoms with van der Waals surface area (Å²) in [4.78, 5) is 4.32. The smallest absolute Gasteiger partial charge is 0.211 e. The van der Waals surface area contributed by atoms with E-state index in [-0.39, 0.29) is 11.9 Å². The van der Waals surface area contributed by atoms with E-state index in [4.69, 9.17) is 4.42 Å². The number of hydrogen-bond acceptors (Lipinski definition) is 3. The number of nitrogens with zero attached hydrogens (tertiary/aromatic N) is 1. The molecular weight excluding hydrogens is 267 g/mol. The fourth-order valence-electron chi connectivity index (χ4n) is 2.48. The Morgan fingerprint density at radius 2 is 1.95 bits per heavy atom. The fourth-order valence-corrected chi connectivity index (χ4v) is 2.48. The van der Waals surface area contributed by atoms with Crippen molar-refractivity contribution in [3.05, 3.63) is 54.3 Å². The largest absolute Gasteiger partial charge is 0.439 e. The SMILES string of the molecule is CCNC(C)c1ncc(-c2ccc(F)c3ccccc23)o1. The summed E-state index contributed by atoms with van der Waals surface area (Å²) in [5, 5.41) is 4.68. The molecule has 0 aliphatic rings. The van der Waals surface area contributed by atoms with Crippen LogP contribution in [0.25, 0.3) is 22.1 Å². The molecule has 0 aliphatic heterocycles. The highest BCUT2D eigenvalue weighted by Crippen LogP contribution is 2.31. The molecule has 1 heterocycles. The molecule has 3 rings (SSSR count). The number of halogens is 1. The standard InChI is InChI=1S/C17H17FN2O/c1-3-19-11(2)17-20-10-16(21-17)14-8-9-15(18)13-7-5-4-6-12(13)14/h4-11,19H,3H2,1-2H3. The van der Waals surface area contributed by atoms with Crippen LogP contribution in [0.1, 0.15) is 25.8 Å². The Morgan fingerprint density at radius 1 is 1.19 bits per heavy atom. The first-order chi connectivity index (χ1) is 10.2. The molecule has 0 radical (unpaired) electrons. The van der Waals surface area contributed by atoms with Gasteiger partial charge in [-0.15, -0.1) is 0 Å². The van der Waals surface area contributed by atoms with Gasteiger partial charge in [0.15, 0.2) is 5.76 Å². The van der Waals surface area contributed by atoms with Crippen LogP contribution in [0.2, 0.25) is 0 Å². The third kappa shape index (κ3) is 2.54. The van der Waals surface area contributed by atoms with Crippen molar-refractivity contribution >= 4 is 10.8 Å². The third-order valence-electron chi connectivity index (χ3n) is 3.54. The predicted octanol–water partition coefficient (Wildman–Crippen LogP) is 4.30. The van der Waals surface area contributed by atoms with Gasteiger partial charge in [0, 0.05) is 10.9 Å².